The van der Waals surface area contributed by atoms with Gasteiger partial charge in [-0.3, -0.25) is 14.4 Å². The molecule has 1 aliphatic heterocycles. The van der Waals surface area contributed by atoms with Crippen LogP contribution in [-0.2, 0) is 14.3 Å². The Bertz CT molecular complexity index is 949. The van der Waals surface area contributed by atoms with Crippen LogP contribution < -0.4 is 14.8 Å². The standard InChI is InChI=1S/C20H17ClFNO6/c21-13-2-3-14(22)15(10-13)23-19(25)11-29-20(26)6-4-16(24)12-1-5-17-18(9-12)28-8-7-27-17/h1-3,5,9-10H,4,6-8,11H2,(H,23,25). The van der Waals surface area contributed by atoms with Crippen LogP contribution in [0.15, 0.2) is 36.4 Å². The topological polar surface area (TPSA) is 90.9 Å². The monoisotopic (exact) mass is 421 g/mol. The van der Waals surface area contributed by atoms with Gasteiger partial charge in [0, 0.05) is 17.0 Å². The number of halogens is 2. The summed E-state index contributed by atoms with van der Waals surface area (Å²) in [6.45, 7) is 0.241. The van der Waals surface area contributed by atoms with Crippen molar-refractivity contribution in [2.75, 3.05) is 25.1 Å². The number of rotatable bonds is 7. The van der Waals surface area contributed by atoms with E-state index in [-0.39, 0.29) is 29.3 Å². The fraction of sp³-hybridized carbons (Fsp3) is 0.250. The first kappa shape index (κ1) is 20.6. The van der Waals surface area contributed by atoms with Gasteiger partial charge in [-0.15, -0.1) is 0 Å². The Morgan fingerprint density at radius 1 is 1.03 bits per heavy atom. The van der Waals surface area contributed by atoms with Crippen molar-refractivity contribution in [3.63, 3.8) is 0 Å². The van der Waals surface area contributed by atoms with Crippen molar-refractivity contribution in [3.8, 4) is 11.5 Å². The van der Waals surface area contributed by atoms with Crippen LogP contribution in [0.25, 0.3) is 0 Å². The Hall–Kier alpha value is -3.13. The molecule has 0 aliphatic carbocycles. The molecule has 0 fully saturated rings. The van der Waals surface area contributed by atoms with Crippen molar-refractivity contribution in [1.82, 2.24) is 0 Å². The van der Waals surface area contributed by atoms with Crippen molar-refractivity contribution in [2.24, 2.45) is 0 Å². The van der Waals surface area contributed by atoms with Gasteiger partial charge >= 0.3 is 5.97 Å². The third-order valence-corrected chi connectivity index (χ3v) is 4.22. The van der Waals surface area contributed by atoms with E-state index < -0.39 is 24.3 Å². The van der Waals surface area contributed by atoms with Crippen LogP contribution in [0.1, 0.15) is 23.2 Å². The Morgan fingerprint density at radius 3 is 2.59 bits per heavy atom. The fourth-order valence-corrected chi connectivity index (χ4v) is 2.75. The molecule has 0 unspecified atom stereocenters. The summed E-state index contributed by atoms with van der Waals surface area (Å²) in [6, 6.07) is 8.48. The summed E-state index contributed by atoms with van der Waals surface area (Å²) in [6.07, 6.45) is -0.297. The molecule has 9 heteroatoms. The fourth-order valence-electron chi connectivity index (χ4n) is 2.57. The van der Waals surface area contributed by atoms with Gasteiger partial charge in [0.25, 0.3) is 5.91 Å². The van der Waals surface area contributed by atoms with Crippen molar-refractivity contribution in [3.05, 3.63) is 52.8 Å². The zero-order valence-corrected chi connectivity index (χ0v) is 16.0. The highest BCUT2D eigenvalue weighted by molar-refractivity contribution is 6.30. The summed E-state index contributed by atoms with van der Waals surface area (Å²) in [5.41, 5.74) is 0.267. The molecule has 2 aromatic carbocycles. The first-order valence-electron chi connectivity index (χ1n) is 8.76. The van der Waals surface area contributed by atoms with E-state index in [9.17, 15) is 18.8 Å². The number of amides is 1. The van der Waals surface area contributed by atoms with Crippen LogP contribution >= 0.6 is 11.6 Å². The number of esters is 1. The van der Waals surface area contributed by atoms with E-state index in [4.69, 9.17) is 25.8 Å². The number of anilines is 1. The SMILES string of the molecule is O=C(COC(=O)CCC(=O)c1ccc2c(c1)OCCO2)Nc1cc(Cl)ccc1F. The number of fused-ring (bicyclic) bond motifs is 1. The van der Waals surface area contributed by atoms with Crippen molar-refractivity contribution < 1.29 is 33.0 Å². The van der Waals surface area contributed by atoms with Crippen LogP contribution in [-0.4, -0.2) is 37.5 Å². The van der Waals surface area contributed by atoms with Crippen molar-refractivity contribution in [2.45, 2.75) is 12.8 Å². The van der Waals surface area contributed by atoms with Crippen LogP contribution in [0.2, 0.25) is 5.02 Å². The summed E-state index contributed by atoms with van der Waals surface area (Å²) >= 11 is 5.74. The van der Waals surface area contributed by atoms with Gasteiger partial charge in [0.1, 0.15) is 19.0 Å². The van der Waals surface area contributed by atoms with Crippen LogP contribution in [0, 0.1) is 5.82 Å². The summed E-state index contributed by atoms with van der Waals surface area (Å²) in [5.74, 6) is -1.34. The number of hydrogen-bond donors (Lipinski definition) is 1. The largest absolute Gasteiger partial charge is 0.486 e. The molecule has 0 atom stereocenters. The minimum atomic E-state index is -0.724. The zero-order chi connectivity index (χ0) is 20.8. The van der Waals surface area contributed by atoms with Crippen LogP contribution in [0.5, 0.6) is 11.5 Å². The Kier molecular flexibility index (Phi) is 6.66. The average Bonchev–Trinajstić information content (AvgIpc) is 2.72. The molecule has 0 spiro atoms. The third kappa shape index (κ3) is 5.68. The molecule has 7 nitrogen and oxygen atoms in total. The second-order valence-electron chi connectivity index (χ2n) is 6.11. The number of ether oxygens (including phenoxy) is 3. The van der Waals surface area contributed by atoms with Crippen LogP contribution in [0.4, 0.5) is 10.1 Å². The van der Waals surface area contributed by atoms with E-state index in [1.165, 1.54) is 12.1 Å². The van der Waals surface area contributed by atoms with Gasteiger partial charge < -0.3 is 19.5 Å². The quantitative estimate of drug-likeness (QED) is 0.544. The van der Waals surface area contributed by atoms with Gasteiger partial charge in [-0.25, -0.2) is 4.39 Å². The van der Waals surface area contributed by atoms with Crippen LogP contribution in [0.3, 0.4) is 0 Å². The van der Waals surface area contributed by atoms with Gasteiger partial charge in [-0.1, -0.05) is 11.6 Å². The van der Waals surface area contributed by atoms with Crippen molar-refractivity contribution >= 4 is 34.9 Å². The number of hydrogen-bond acceptors (Lipinski definition) is 6. The van der Waals surface area contributed by atoms with E-state index >= 15 is 0 Å². The van der Waals surface area contributed by atoms with Gasteiger partial charge in [0.2, 0.25) is 0 Å². The molecule has 1 heterocycles. The Labute approximate surface area is 170 Å². The number of carbonyl (C=O) groups excluding carboxylic acids is 3. The molecular formula is C20H17ClFNO6. The molecule has 152 valence electrons. The first-order valence-corrected chi connectivity index (χ1v) is 9.13. The molecular weight excluding hydrogens is 405 g/mol. The maximum absolute atomic E-state index is 13.6. The predicted octanol–water partition coefficient (Wildman–Crippen LogP) is 3.40. The number of nitrogens with one attached hydrogen (secondary N) is 1. The smallest absolute Gasteiger partial charge is 0.306 e. The highest BCUT2D eigenvalue weighted by atomic mass is 35.5. The predicted molar refractivity (Wildman–Crippen MR) is 102 cm³/mol. The average molecular weight is 422 g/mol. The first-order chi connectivity index (χ1) is 13.9. The maximum atomic E-state index is 13.6. The highest BCUT2D eigenvalue weighted by Crippen LogP contribution is 2.31. The molecule has 1 aliphatic rings. The molecule has 3 rings (SSSR count). The van der Waals surface area contributed by atoms with E-state index in [0.717, 1.165) is 6.07 Å². The lowest BCUT2D eigenvalue weighted by molar-refractivity contribution is -0.147. The minimum absolute atomic E-state index is 0.0942. The second kappa shape index (κ2) is 9.38. The maximum Gasteiger partial charge on any atom is 0.306 e. The lowest BCUT2D eigenvalue weighted by atomic mass is 10.1. The zero-order valence-electron chi connectivity index (χ0n) is 15.2. The van der Waals surface area contributed by atoms with Crippen molar-refractivity contribution in [1.29, 1.82) is 0 Å². The molecule has 1 amide bonds. The number of ketones is 1. The number of Topliss-reactive ketones (excluding diaryl/α,β-unsaturated/α-hetero) is 1. The van der Waals surface area contributed by atoms with Gasteiger partial charge in [0.05, 0.1) is 12.1 Å². The molecule has 2 aromatic rings. The van der Waals surface area contributed by atoms with Gasteiger partial charge in [0.15, 0.2) is 23.9 Å². The Morgan fingerprint density at radius 2 is 1.79 bits per heavy atom. The molecule has 29 heavy (non-hydrogen) atoms. The summed E-state index contributed by atoms with van der Waals surface area (Å²) in [7, 11) is 0. The normalized spacial score (nSPS) is 12.2. The molecule has 0 saturated heterocycles. The lowest BCUT2D eigenvalue weighted by Crippen LogP contribution is -2.21. The summed E-state index contributed by atoms with van der Waals surface area (Å²) in [5, 5.41) is 2.50. The molecule has 0 bridgehead atoms. The lowest BCUT2D eigenvalue weighted by Gasteiger charge is -2.18. The van der Waals surface area contributed by atoms with E-state index in [0.29, 0.717) is 30.3 Å². The molecule has 0 radical (unpaired) electrons. The third-order valence-electron chi connectivity index (χ3n) is 3.99. The minimum Gasteiger partial charge on any atom is -0.486 e. The molecule has 1 N–H and O–H groups in total. The Balaban J connectivity index is 1.44. The second-order valence-corrected chi connectivity index (χ2v) is 6.55. The summed E-state index contributed by atoms with van der Waals surface area (Å²) < 4.78 is 29.2. The van der Waals surface area contributed by atoms with Gasteiger partial charge in [-0.2, -0.15) is 0 Å². The molecule has 0 aromatic heterocycles. The summed E-state index contributed by atoms with van der Waals surface area (Å²) in [4.78, 5) is 35.8. The number of benzene rings is 2. The molecule has 0 saturated carbocycles. The van der Waals surface area contributed by atoms with Gasteiger partial charge in [-0.05, 0) is 36.4 Å². The van der Waals surface area contributed by atoms with E-state index in [1.54, 1.807) is 18.2 Å². The number of carbonyl (C=O) groups is 3. The van der Waals surface area contributed by atoms with E-state index in [1.807, 2.05) is 0 Å². The highest BCUT2D eigenvalue weighted by Gasteiger charge is 2.17. The van der Waals surface area contributed by atoms with E-state index in [2.05, 4.69) is 5.32 Å².